The van der Waals surface area contributed by atoms with Gasteiger partial charge < -0.3 is 10.6 Å². The van der Waals surface area contributed by atoms with E-state index in [4.69, 9.17) is 0 Å². The lowest BCUT2D eigenvalue weighted by molar-refractivity contribution is -0.137. The third kappa shape index (κ3) is 3.62. The normalized spacial score (nSPS) is 14.7. The molecule has 0 saturated heterocycles. The first kappa shape index (κ1) is 16.2. The standard InChI is InChI=1S/C19H21N3O2/c1-14-4-6-15(7-5-14)12-21-17(23)19(8-9-19)18(24)22-13-16-3-2-10-20-11-16/h2-7,10-11H,8-9,12-13H2,1H3,(H,21,23)(H,22,24). The number of benzene rings is 1. The van der Waals surface area contributed by atoms with E-state index in [9.17, 15) is 9.59 Å². The van der Waals surface area contributed by atoms with Gasteiger partial charge in [0.25, 0.3) is 0 Å². The predicted molar refractivity (Wildman–Crippen MR) is 90.8 cm³/mol. The van der Waals surface area contributed by atoms with Crippen LogP contribution in [0.15, 0.2) is 48.8 Å². The molecule has 1 saturated carbocycles. The second-order valence-corrected chi connectivity index (χ2v) is 6.29. The van der Waals surface area contributed by atoms with E-state index < -0.39 is 5.41 Å². The summed E-state index contributed by atoms with van der Waals surface area (Å²) in [5.41, 5.74) is 2.23. The summed E-state index contributed by atoms with van der Waals surface area (Å²) in [4.78, 5) is 28.9. The Kier molecular flexibility index (Phi) is 4.60. The molecule has 2 aromatic rings. The van der Waals surface area contributed by atoms with Crippen molar-refractivity contribution in [1.29, 1.82) is 0 Å². The zero-order valence-electron chi connectivity index (χ0n) is 13.7. The van der Waals surface area contributed by atoms with Crippen LogP contribution in [-0.2, 0) is 22.7 Å². The molecule has 1 aromatic heterocycles. The number of aromatic nitrogens is 1. The smallest absolute Gasteiger partial charge is 0.235 e. The Labute approximate surface area is 141 Å². The van der Waals surface area contributed by atoms with E-state index in [-0.39, 0.29) is 11.8 Å². The van der Waals surface area contributed by atoms with Crippen molar-refractivity contribution in [2.75, 3.05) is 0 Å². The highest BCUT2D eigenvalue weighted by Crippen LogP contribution is 2.46. The Balaban J connectivity index is 1.53. The molecule has 0 aliphatic heterocycles. The number of nitrogens with one attached hydrogen (secondary N) is 2. The zero-order valence-corrected chi connectivity index (χ0v) is 13.7. The van der Waals surface area contributed by atoms with Crippen molar-refractivity contribution in [2.24, 2.45) is 5.41 Å². The van der Waals surface area contributed by atoms with Crippen LogP contribution < -0.4 is 10.6 Å². The number of pyridine rings is 1. The van der Waals surface area contributed by atoms with Crippen LogP contribution in [0.4, 0.5) is 0 Å². The van der Waals surface area contributed by atoms with Gasteiger partial charge in [-0.2, -0.15) is 0 Å². The Hall–Kier alpha value is -2.69. The van der Waals surface area contributed by atoms with Crippen LogP contribution in [0.25, 0.3) is 0 Å². The molecular formula is C19H21N3O2. The quantitative estimate of drug-likeness (QED) is 0.800. The minimum Gasteiger partial charge on any atom is -0.351 e. The predicted octanol–water partition coefficient (Wildman–Crippen LogP) is 2.10. The van der Waals surface area contributed by atoms with Gasteiger partial charge in [0.15, 0.2) is 0 Å². The highest BCUT2D eigenvalue weighted by molar-refractivity contribution is 6.07. The molecule has 2 amide bonds. The lowest BCUT2D eigenvalue weighted by atomic mass is 10.0. The molecule has 1 aliphatic rings. The molecule has 5 heteroatoms. The molecule has 5 nitrogen and oxygen atoms in total. The number of aryl methyl sites for hydroxylation is 1. The largest absolute Gasteiger partial charge is 0.351 e. The summed E-state index contributed by atoms with van der Waals surface area (Å²) >= 11 is 0. The van der Waals surface area contributed by atoms with Crippen molar-refractivity contribution in [3.05, 3.63) is 65.5 Å². The molecule has 0 unspecified atom stereocenters. The average molecular weight is 323 g/mol. The van der Waals surface area contributed by atoms with Crippen molar-refractivity contribution in [1.82, 2.24) is 15.6 Å². The van der Waals surface area contributed by atoms with Crippen molar-refractivity contribution in [3.63, 3.8) is 0 Å². The topological polar surface area (TPSA) is 71.1 Å². The van der Waals surface area contributed by atoms with Crippen LogP contribution in [0.3, 0.4) is 0 Å². The molecule has 124 valence electrons. The van der Waals surface area contributed by atoms with E-state index in [1.165, 1.54) is 5.56 Å². The molecule has 1 heterocycles. The lowest BCUT2D eigenvalue weighted by Gasteiger charge is -2.15. The fourth-order valence-corrected chi connectivity index (χ4v) is 2.59. The molecule has 1 aliphatic carbocycles. The number of hydrogen-bond acceptors (Lipinski definition) is 3. The summed E-state index contributed by atoms with van der Waals surface area (Å²) in [5, 5.41) is 5.74. The van der Waals surface area contributed by atoms with Crippen molar-refractivity contribution in [3.8, 4) is 0 Å². The minimum atomic E-state index is -0.896. The highest BCUT2D eigenvalue weighted by Gasteiger charge is 2.56. The Morgan fingerprint density at radius 2 is 1.62 bits per heavy atom. The summed E-state index contributed by atoms with van der Waals surface area (Å²) in [7, 11) is 0. The van der Waals surface area contributed by atoms with Gasteiger partial charge in [-0.25, -0.2) is 0 Å². The number of rotatable bonds is 6. The number of amides is 2. The van der Waals surface area contributed by atoms with E-state index in [0.717, 1.165) is 11.1 Å². The third-order valence-electron chi connectivity index (χ3n) is 4.37. The molecule has 1 aromatic carbocycles. The van der Waals surface area contributed by atoms with Gasteiger partial charge in [-0.1, -0.05) is 35.9 Å². The van der Waals surface area contributed by atoms with Crippen LogP contribution >= 0.6 is 0 Å². The maximum absolute atomic E-state index is 12.4. The first-order valence-electron chi connectivity index (χ1n) is 8.11. The van der Waals surface area contributed by atoms with Gasteiger partial charge in [-0.3, -0.25) is 14.6 Å². The monoisotopic (exact) mass is 323 g/mol. The van der Waals surface area contributed by atoms with E-state index in [0.29, 0.717) is 25.9 Å². The lowest BCUT2D eigenvalue weighted by Crippen LogP contribution is -2.42. The van der Waals surface area contributed by atoms with E-state index in [1.807, 2.05) is 43.3 Å². The Morgan fingerprint density at radius 1 is 1.00 bits per heavy atom. The molecule has 0 radical (unpaired) electrons. The maximum atomic E-state index is 12.4. The summed E-state index contributed by atoms with van der Waals surface area (Å²) in [6.45, 7) is 2.85. The summed E-state index contributed by atoms with van der Waals surface area (Å²) < 4.78 is 0. The minimum absolute atomic E-state index is 0.188. The second kappa shape index (κ2) is 6.83. The summed E-state index contributed by atoms with van der Waals surface area (Å²) in [6.07, 6.45) is 4.60. The summed E-state index contributed by atoms with van der Waals surface area (Å²) in [5.74, 6) is -0.389. The number of nitrogens with zero attached hydrogens (tertiary/aromatic N) is 1. The molecule has 24 heavy (non-hydrogen) atoms. The van der Waals surface area contributed by atoms with Gasteiger partial charge in [0.1, 0.15) is 5.41 Å². The SMILES string of the molecule is Cc1ccc(CNC(=O)C2(C(=O)NCc3cccnc3)CC2)cc1. The van der Waals surface area contributed by atoms with Gasteiger partial charge >= 0.3 is 0 Å². The Bertz CT molecular complexity index is 722. The molecule has 0 bridgehead atoms. The molecular weight excluding hydrogens is 302 g/mol. The van der Waals surface area contributed by atoms with Gasteiger partial charge in [0.2, 0.25) is 11.8 Å². The van der Waals surface area contributed by atoms with Crippen LogP contribution in [0.2, 0.25) is 0 Å². The first-order chi connectivity index (χ1) is 11.6. The van der Waals surface area contributed by atoms with E-state index >= 15 is 0 Å². The first-order valence-corrected chi connectivity index (χ1v) is 8.11. The van der Waals surface area contributed by atoms with Gasteiger partial charge in [0.05, 0.1) is 0 Å². The highest BCUT2D eigenvalue weighted by atomic mass is 16.2. The molecule has 3 rings (SSSR count). The van der Waals surface area contributed by atoms with E-state index in [2.05, 4.69) is 15.6 Å². The van der Waals surface area contributed by atoms with E-state index in [1.54, 1.807) is 12.4 Å². The molecule has 1 fully saturated rings. The van der Waals surface area contributed by atoms with Crippen molar-refractivity contribution >= 4 is 11.8 Å². The van der Waals surface area contributed by atoms with Gasteiger partial charge in [-0.15, -0.1) is 0 Å². The van der Waals surface area contributed by atoms with Crippen molar-refractivity contribution in [2.45, 2.75) is 32.9 Å². The van der Waals surface area contributed by atoms with Gasteiger partial charge in [-0.05, 0) is 37.0 Å². The van der Waals surface area contributed by atoms with Gasteiger partial charge in [0, 0.05) is 25.5 Å². The molecule has 0 atom stereocenters. The molecule has 0 spiro atoms. The van der Waals surface area contributed by atoms with Crippen LogP contribution in [0.1, 0.15) is 29.5 Å². The van der Waals surface area contributed by atoms with Crippen LogP contribution in [0.5, 0.6) is 0 Å². The fraction of sp³-hybridized carbons (Fsp3) is 0.316. The van der Waals surface area contributed by atoms with Crippen LogP contribution in [-0.4, -0.2) is 16.8 Å². The van der Waals surface area contributed by atoms with Crippen LogP contribution in [0, 0.1) is 12.3 Å². The molecule has 2 N–H and O–H groups in total. The number of hydrogen-bond donors (Lipinski definition) is 2. The second-order valence-electron chi connectivity index (χ2n) is 6.29. The fourth-order valence-electron chi connectivity index (χ4n) is 2.59. The zero-order chi connectivity index (χ0) is 17.0. The van der Waals surface area contributed by atoms with Crippen molar-refractivity contribution < 1.29 is 9.59 Å². The number of carbonyl (C=O) groups is 2. The number of carbonyl (C=O) groups excluding carboxylic acids is 2. The Morgan fingerprint density at radius 3 is 2.17 bits per heavy atom. The summed E-state index contributed by atoms with van der Waals surface area (Å²) in [6, 6.07) is 11.7. The third-order valence-corrected chi connectivity index (χ3v) is 4.37. The maximum Gasteiger partial charge on any atom is 0.235 e. The average Bonchev–Trinajstić information content (AvgIpc) is 3.42.